The Morgan fingerprint density at radius 1 is 1.44 bits per heavy atom. The first kappa shape index (κ1) is 12.6. The highest BCUT2D eigenvalue weighted by Crippen LogP contribution is 2.27. The molecule has 1 atom stereocenters. The van der Waals surface area contributed by atoms with E-state index in [9.17, 15) is 0 Å². The van der Waals surface area contributed by atoms with E-state index < -0.39 is 0 Å². The van der Waals surface area contributed by atoms with Crippen molar-refractivity contribution in [3.05, 3.63) is 20.8 Å². The zero-order valence-electron chi connectivity index (χ0n) is 9.84. The Morgan fingerprint density at radius 2 is 2.19 bits per heavy atom. The van der Waals surface area contributed by atoms with Crippen LogP contribution < -0.4 is 5.32 Å². The first-order valence-electron chi connectivity index (χ1n) is 6.22. The summed E-state index contributed by atoms with van der Waals surface area (Å²) in [6.45, 7) is 3.35. The van der Waals surface area contributed by atoms with Crippen LogP contribution in [-0.2, 0) is 6.54 Å². The van der Waals surface area contributed by atoms with Crippen LogP contribution in [-0.4, -0.2) is 6.04 Å². The summed E-state index contributed by atoms with van der Waals surface area (Å²) in [5, 5.41) is 5.82. The zero-order chi connectivity index (χ0) is 11.4. The molecule has 1 heterocycles. The third-order valence-electron chi connectivity index (χ3n) is 3.63. The molecule has 0 bridgehead atoms. The van der Waals surface area contributed by atoms with E-state index in [0.717, 1.165) is 12.5 Å². The van der Waals surface area contributed by atoms with E-state index in [1.54, 1.807) is 0 Å². The van der Waals surface area contributed by atoms with Crippen LogP contribution in [0.15, 0.2) is 15.9 Å². The molecule has 16 heavy (non-hydrogen) atoms. The first-order valence-corrected chi connectivity index (χ1v) is 7.90. The van der Waals surface area contributed by atoms with Crippen LogP contribution >= 0.6 is 27.3 Å². The second-order valence-electron chi connectivity index (χ2n) is 4.76. The van der Waals surface area contributed by atoms with Crippen molar-refractivity contribution in [1.29, 1.82) is 0 Å². The third-order valence-corrected chi connectivity index (χ3v) is 5.56. The molecule has 0 spiro atoms. The van der Waals surface area contributed by atoms with Gasteiger partial charge in [-0.1, -0.05) is 19.3 Å². The third kappa shape index (κ3) is 3.31. The van der Waals surface area contributed by atoms with E-state index in [2.05, 4.69) is 39.6 Å². The highest BCUT2D eigenvalue weighted by Gasteiger charge is 2.19. The monoisotopic (exact) mass is 301 g/mol. The Kier molecular flexibility index (Phi) is 4.86. The van der Waals surface area contributed by atoms with Gasteiger partial charge in [0, 0.05) is 21.9 Å². The maximum absolute atomic E-state index is 3.68. The van der Waals surface area contributed by atoms with Crippen LogP contribution in [0.25, 0.3) is 0 Å². The zero-order valence-corrected chi connectivity index (χ0v) is 12.2. The molecule has 0 saturated heterocycles. The molecule has 1 N–H and O–H groups in total. The highest BCUT2D eigenvalue weighted by molar-refractivity contribution is 9.10. The lowest BCUT2D eigenvalue weighted by molar-refractivity contribution is 0.281. The lowest BCUT2D eigenvalue weighted by Crippen LogP contribution is -2.34. The van der Waals surface area contributed by atoms with Gasteiger partial charge in [0.2, 0.25) is 0 Å². The second-order valence-corrected chi connectivity index (χ2v) is 6.61. The van der Waals surface area contributed by atoms with E-state index in [1.165, 1.54) is 41.5 Å². The molecule has 90 valence electrons. The molecule has 1 aliphatic carbocycles. The maximum Gasteiger partial charge on any atom is 0.0327 e. The van der Waals surface area contributed by atoms with Gasteiger partial charge in [-0.15, -0.1) is 11.3 Å². The molecule has 1 fully saturated rings. The standard InChI is InChI=1S/C13H20BrNS/c1-10(11-5-3-2-4-6-11)15-9-13-12(14)7-8-16-13/h7-8,10-11,15H,2-6,9H2,1H3/t10-/m0/s1. The molecular formula is C13H20BrNS. The van der Waals surface area contributed by atoms with Crippen LogP contribution in [0, 0.1) is 5.92 Å². The van der Waals surface area contributed by atoms with E-state index in [-0.39, 0.29) is 0 Å². The fraction of sp³-hybridized carbons (Fsp3) is 0.692. The summed E-state index contributed by atoms with van der Waals surface area (Å²) in [7, 11) is 0. The number of nitrogens with one attached hydrogen (secondary N) is 1. The quantitative estimate of drug-likeness (QED) is 0.859. The number of thiophene rings is 1. The molecule has 0 aliphatic heterocycles. The van der Waals surface area contributed by atoms with Gasteiger partial charge in [0.15, 0.2) is 0 Å². The normalized spacial score (nSPS) is 19.9. The van der Waals surface area contributed by atoms with Gasteiger partial charge in [0.1, 0.15) is 0 Å². The fourth-order valence-corrected chi connectivity index (χ4v) is 3.95. The minimum atomic E-state index is 0.661. The minimum Gasteiger partial charge on any atom is -0.309 e. The van der Waals surface area contributed by atoms with Crippen molar-refractivity contribution in [1.82, 2.24) is 5.32 Å². The molecule has 1 aromatic heterocycles. The van der Waals surface area contributed by atoms with Crippen molar-refractivity contribution < 1.29 is 0 Å². The van der Waals surface area contributed by atoms with Crippen LogP contribution in [0.1, 0.15) is 43.9 Å². The maximum atomic E-state index is 3.68. The summed E-state index contributed by atoms with van der Waals surface area (Å²) < 4.78 is 1.25. The molecule has 2 rings (SSSR count). The largest absolute Gasteiger partial charge is 0.309 e. The molecule has 1 aromatic rings. The van der Waals surface area contributed by atoms with E-state index in [1.807, 2.05) is 11.3 Å². The molecule has 0 unspecified atom stereocenters. The number of hydrogen-bond acceptors (Lipinski definition) is 2. The van der Waals surface area contributed by atoms with Crippen LogP contribution in [0.5, 0.6) is 0 Å². The van der Waals surface area contributed by atoms with Gasteiger partial charge in [-0.25, -0.2) is 0 Å². The number of rotatable bonds is 4. The van der Waals surface area contributed by atoms with E-state index in [0.29, 0.717) is 6.04 Å². The van der Waals surface area contributed by atoms with Crippen LogP contribution in [0.2, 0.25) is 0 Å². The smallest absolute Gasteiger partial charge is 0.0327 e. The van der Waals surface area contributed by atoms with Crippen molar-refractivity contribution in [3.63, 3.8) is 0 Å². The van der Waals surface area contributed by atoms with Gasteiger partial charge < -0.3 is 5.32 Å². The molecule has 3 heteroatoms. The highest BCUT2D eigenvalue weighted by atomic mass is 79.9. The molecule has 1 saturated carbocycles. The first-order chi connectivity index (χ1) is 7.77. The van der Waals surface area contributed by atoms with Gasteiger partial charge in [-0.3, -0.25) is 0 Å². The predicted molar refractivity (Wildman–Crippen MR) is 74.9 cm³/mol. The van der Waals surface area contributed by atoms with Crippen molar-refractivity contribution in [2.24, 2.45) is 5.92 Å². The number of hydrogen-bond donors (Lipinski definition) is 1. The summed E-state index contributed by atoms with van der Waals surface area (Å²) in [6, 6.07) is 2.79. The average Bonchev–Trinajstić information content (AvgIpc) is 2.73. The fourth-order valence-electron chi connectivity index (χ4n) is 2.51. The van der Waals surface area contributed by atoms with Gasteiger partial charge >= 0.3 is 0 Å². The summed E-state index contributed by atoms with van der Waals surface area (Å²) in [4.78, 5) is 1.42. The minimum absolute atomic E-state index is 0.661. The van der Waals surface area contributed by atoms with Gasteiger partial charge in [-0.05, 0) is 53.1 Å². The van der Waals surface area contributed by atoms with Gasteiger partial charge in [-0.2, -0.15) is 0 Å². The lowest BCUT2D eigenvalue weighted by Gasteiger charge is -2.28. The van der Waals surface area contributed by atoms with Crippen molar-refractivity contribution in [3.8, 4) is 0 Å². The molecule has 0 aromatic carbocycles. The molecular weight excluding hydrogens is 282 g/mol. The Morgan fingerprint density at radius 3 is 2.81 bits per heavy atom. The van der Waals surface area contributed by atoms with E-state index >= 15 is 0 Å². The second kappa shape index (κ2) is 6.18. The molecule has 0 amide bonds. The SMILES string of the molecule is C[C@H](NCc1sccc1Br)C1CCCCC1. The summed E-state index contributed by atoms with van der Waals surface area (Å²) in [6.07, 6.45) is 7.14. The van der Waals surface area contributed by atoms with E-state index in [4.69, 9.17) is 0 Å². The van der Waals surface area contributed by atoms with Crippen LogP contribution in [0.4, 0.5) is 0 Å². The topological polar surface area (TPSA) is 12.0 Å². The summed E-state index contributed by atoms with van der Waals surface area (Å²) >= 11 is 5.41. The Labute approximate surface area is 111 Å². The molecule has 1 nitrogen and oxygen atoms in total. The Bertz CT molecular complexity index is 317. The summed E-state index contributed by atoms with van der Waals surface area (Å²) in [5.74, 6) is 0.896. The van der Waals surface area contributed by atoms with Crippen molar-refractivity contribution in [2.75, 3.05) is 0 Å². The van der Waals surface area contributed by atoms with Crippen LogP contribution in [0.3, 0.4) is 0 Å². The summed E-state index contributed by atoms with van der Waals surface area (Å²) in [5.41, 5.74) is 0. The average molecular weight is 302 g/mol. The molecule has 1 aliphatic rings. The Balaban J connectivity index is 1.78. The lowest BCUT2D eigenvalue weighted by atomic mass is 9.84. The van der Waals surface area contributed by atoms with Gasteiger partial charge in [0.05, 0.1) is 0 Å². The van der Waals surface area contributed by atoms with Crippen molar-refractivity contribution >= 4 is 27.3 Å². The Hall–Kier alpha value is 0.140. The predicted octanol–water partition coefficient (Wildman–Crippen LogP) is 4.57. The van der Waals surface area contributed by atoms with Gasteiger partial charge in [0.25, 0.3) is 0 Å². The molecule has 0 radical (unpaired) electrons. The van der Waals surface area contributed by atoms with Crippen molar-refractivity contribution in [2.45, 2.75) is 51.6 Å². The number of halogens is 1.